The third-order valence-electron chi connectivity index (χ3n) is 3.76. The first-order chi connectivity index (χ1) is 9.24. The highest BCUT2D eigenvalue weighted by Crippen LogP contribution is 2.12. The van der Waals surface area contributed by atoms with Crippen LogP contribution in [-0.4, -0.2) is 25.5 Å². The molecule has 1 unspecified atom stereocenters. The van der Waals surface area contributed by atoms with Crippen LogP contribution < -0.4 is 10.6 Å². The van der Waals surface area contributed by atoms with E-state index in [0.717, 1.165) is 37.5 Å². The number of carbonyl (C=O) groups is 1. The molecule has 0 aliphatic carbocycles. The van der Waals surface area contributed by atoms with Crippen LogP contribution in [0.3, 0.4) is 0 Å². The van der Waals surface area contributed by atoms with Gasteiger partial charge in [0.25, 0.3) is 0 Å². The summed E-state index contributed by atoms with van der Waals surface area (Å²) in [5.74, 6) is 0.862. The zero-order valence-electron chi connectivity index (χ0n) is 12.2. The average molecular weight is 297 g/mol. The molecule has 0 aromatic heterocycles. The summed E-state index contributed by atoms with van der Waals surface area (Å²) < 4.78 is 0. The van der Waals surface area contributed by atoms with Gasteiger partial charge < -0.3 is 10.6 Å². The van der Waals surface area contributed by atoms with Crippen LogP contribution in [-0.2, 0) is 11.2 Å². The molecule has 1 saturated heterocycles. The van der Waals surface area contributed by atoms with Gasteiger partial charge in [0.1, 0.15) is 0 Å². The van der Waals surface area contributed by atoms with Crippen molar-refractivity contribution in [3.63, 3.8) is 0 Å². The Morgan fingerprint density at radius 2 is 2.10 bits per heavy atom. The minimum Gasteiger partial charge on any atom is -0.356 e. The van der Waals surface area contributed by atoms with E-state index in [1.807, 2.05) is 12.1 Å². The second-order valence-electron chi connectivity index (χ2n) is 5.51. The molecule has 2 rings (SSSR count). The molecule has 20 heavy (non-hydrogen) atoms. The summed E-state index contributed by atoms with van der Waals surface area (Å²) in [5, 5.41) is 6.43. The molecule has 4 heteroatoms. The number of halogens is 1. The van der Waals surface area contributed by atoms with Crippen molar-refractivity contribution in [3.8, 4) is 0 Å². The van der Waals surface area contributed by atoms with Crippen molar-refractivity contribution < 1.29 is 4.79 Å². The number of aryl methyl sites for hydroxylation is 1. The van der Waals surface area contributed by atoms with Crippen LogP contribution in [0.4, 0.5) is 0 Å². The molecular formula is C16H25ClN2O. The first-order valence-electron chi connectivity index (χ1n) is 7.27. The Kier molecular flexibility index (Phi) is 7.63. The van der Waals surface area contributed by atoms with E-state index in [1.165, 1.54) is 18.4 Å². The molecule has 1 aliphatic heterocycles. The fourth-order valence-electron chi connectivity index (χ4n) is 2.54. The Labute approximate surface area is 127 Å². The molecule has 1 aromatic rings. The van der Waals surface area contributed by atoms with Crippen LogP contribution in [0.5, 0.6) is 0 Å². The van der Waals surface area contributed by atoms with Gasteiger partial charge >= 0.3 is 0 Å². The predicted molar refractivity (Wildman–Crippen MR) is 85.4 cm³/mol. The first-order valence-corrected chi connectivity index (χ1v) is 7.27. The van der Waals surface area contributed by atoms with Gasteiger partial charge in [-0.05, 0) is 50.8 Å². The van der Waals surface area contributed by atoms with E-state index in [-0.39, 0.29) is 18.3 Å². The number of amides is 1. The number of hydrogen-bond donors (Lipinski definition) is 2. The highest BCUT2D eigenvalue weighted by atomic mass is 35.5. The van der Waals surface area contributed by atoms with E-state index in [2.05, 4.69) is 29.7 Å². The lowest BCUT2D eigenvalue weighted by atomic mass is 9.96. The molecule has 1 fully saturated rings. The van der Waals surface area contributed by atoms with Gasteiger partial charge in [0.05, 0.1) is 6.42 Å². The largest absolute Gasteiger partial charge is 0.356 e. The maximum atomic E-state index is 11.8. The van der Waals surface area contributed by atoms with Gasteiger partial charge in [-0.15, -0.1) is 12.4 Å². The summed E-state index contributed by atoms with van der Waals surface area (Å²) in [7, 11) is 0. The van der Waals surface area contributed by atoms with Crippen molar-refractivity contribution in [2.75, 3.05) is 19.6 Å². The summed E-state index contributed by atoms with van der Waals surface area (Å²) in [6.45, 7) is 5.11. The van der Waals surface area contributed by atoms with Crippen LogP contribution in [0.1, 0.15) is 30.4 Å². The Morgan fingerprint density at radius 3 is 2.75 bits per heavy atom. The Morgan fingerprint density at radius 1 is 1.35 bits per heavy atom. The third-order valence-corrected chi connectivity index (χ3v) is 3.76. The van der Waals surface area contributed by atoms with E-state index in [9.17, 15) is 4.79 Å². The van der Waals surface area contributed by atoms with Gasteiger partial charge in [-0.1, -0.05) is 29.8 Å². The number of carbonyl (C=O) groups excluding carboxylic acids is 1. The number of rotatable bonds is 5. The first kappa shape index (κ1) is 17.0. The zero-order chi connectivity index (χ0) is 13.5. The van der Waals surface area contributed by atoms with Crippen molar-refractivity contribution in [1.29, 1.82) is 0 Å². The summed E-state index contributed by atoms with van der Waals surface area (Å²) in [6, 6.07) is 8.16. The summed E-state index contributed by atoms with van der Waals surface area (Å²) in [5.41, 5.74) is 2.32. The molecule has 1 aliphatic rings. The standard InChI is InChI=1S/C16H24N2O.ClH/c1-13-4-6-14(7-5-13)11-16(19)18-10-8-15-3-2-9-17-12-15;/h4-7,15,17H,2-3,8-12H2,1H3,(H,18,19);1H. The number of hydrogen-bond acceptors (Lipinski definition) is 2. The van der Waals surface area contributed by atoms with Crippen molar-refractivity contribution in [3.05, 3.63) is 35.4 Å². The molecule has 0 saturated carbocycles. The molecule has 1 amide bonds. The lowest BCUT2D eigenvalue weighted by Crippen LogP contribution is -2.33. The number of nitrogens with one attached hydrogen (secondary N) is 2. The topological polar surface area (TPSA) is 41.1 Å². The molecule has 1 atom stereocenters. The molecule has 0 bridgehead atoms. The molecule has 2 N–H and O–H groups in total. The Hall–Kier alpha value is -1.06. The van der Waals surface area contributed by atoms with Gasteiger partial charge in [-0.25, -0.2) is 0 Å². The third kappa shape index (κ3) is 5.93. The van der Waals surface area contributed by atoms with E-state index in [0.29, 0.717) is 6.42 Å². The molecule has 1 aromatic carbocycles. The predicted octanol–water partition coefficient (Wildman–Crippen LogP) is 2.47. The van der Waals surface area contributed by atoms with E-state index < -0.39 is 0 Å². The van der Waals surface area contributed by atoms with Gasteiger partial charge in [0.15, 0.2) is 0 Å². The van der Waals surface area contributed by atoms with Gasteiger partial charge in [0.2, 0.25) is 5.91 Å². The second kappa shape index (κ2) is 8.98. The molecule has 3 nitrogen and oxygen atoms in total. The highest BCUT2D eigenvalue weighted by Gasteiger charge is 2.12. The van der Waals surface area contributed by atoms with E-state index >= 15 is 0 Å². The van der Waals surface area contributed by atoms with E-state index in [4.69, 9.17) is 0 Å². The second-order valence-corrected chi connectivity index (χ2v) is 5.51. The molecule has 1 heterocycles. The maximum absolute atomic E-state index is 11.8. The van der Waals surface area contributed by atoms with Crippen LogP contribution in [0.15, 0.2) is 24.3 Å². The van der Waals surface area contributed by atoms with Gasteiger partial charge in [-0.3, -0.25) is 4.79 Å². The normalized spacial score (nSPS) is 18.1. The lowest BCUT2D eigenvalue weighted by molar-refractivity contribution is -0.120. The number of benzene rings is 1. The minimum atomic E-state index is 0. The van der Waals surface area contributed by atoms with Gasteiger partial charge in [-0.2, -0.15) is 0 Å². The fourth-order valence-corrected chi connectivity index (χ4v) is 2.54. The molecule has 0 spiro atoms. The molecule has 0 radical (unpaired) electrons. The van der Waals surface area contributed by atoms with Crippen molar-refractivity contribution in [2.45, 2.75) is 32.6 Å². The summed E-state index contributed by atoms with van der Waals surface area (Å²) in [4.78, 5) is 11.8. The summed E-state index contributed by atoms with van der Waals surface area (Å²) in [6.07, 6.45) is 4.14. The fraction of sp³-hybridized carbons (Fsp3) is 0.562. The van der Waals surface area contributed by atoms with E-state index in [1.54, 1.807) is 0 Å². The smallest absolute Gasteiger partial charge is 0.224 e. The Bertz CT molecular complexity index is 399. The van der Waals surface area contributed by atoms with Crippen molar-refractivity contribution >= 4 is 18.3 Å². The maximum Gasteiger partial charge on any atom is 0.224 e. The Balaban J connectivity index is 0.00000200. The lowest BCUT2D eigenvalue weighted by Gasteiger charge is -2.22. The van der Waals surface area contributed by atoms with Crippen molar-refractivity contribution in [2.24, 2.45) is 5.92 Å². The van der Waals surface area contributed by atoms with Crippen LogP contribution in [0, 0.1) is 12.8 Å². The monoisotopic (exact) mass is 296 g/mol. The van der Waals surface area contributed by atoms with Crippen LogP contribution >= 0.6 is 12.4 Å². The zero-order valence-corrected chi connectivity index (χ0v) is 13.0. The molecular weight excluding hydrogens is 272 g/mol. The highest BCUT2D eigenvalue weighted by molar-refractivity contribution is 5.85. The quantitative estimate of drug-likeness (QED) is 0.876. The van der Waals surface area contributed by atoms with Gasteiger partial charge in [0, 0.05) is 6.54 Å². The molecule has 112 valence electrons. The average Bonchev–Trinajstić information content (AvgIpc) is 2.43. The minimum absolute atomic E-state index is 0. The van der Waals surface area contributed by atoms with Crippen LogP contribution in [0.25, 0.3) is 0 Å². The van der Waals surface area contributed by atoms with Crippen LogP contribution in [0.2, 0.25) is 0 Å². The SMILES string of the molecule is Cc1ccc(CC(=O)NCCC2CCCNC2)cc1.Cl. The summed E-state index contributed by atoms with van der Waals surface area (Å²) >= 11 is 0. The number of piperidine rings is 1. The van der Waals surface area contributed by atoms with Crippen molar-refractivity contribution in [1.82, 2.24) is 10.6 Å².